The van der Waals surface area contributed by atoms with E-state index in [1.807, 2.05) is 45.0 Å². The first-order valence-electron chi connectivity index (χ1n) is 8.06. The van der Waals surface area contributed by atoms with Crippen LogP contribution in [0.3, 0.4) is 0 Å². The molecule has 0 aliphatic heterocycles. The van der Waals surface area contributed by atoms with E-state index in [-0.39, 0.29) is 5.91 Å². The summed E-state index contributed by atoms with van der Waals surface area (Å²) in [5.41, 5.74) is 2.44. The molecule has 0 spiro atoms. The van der Waals surface area contributed by atoms with Crippen molar-refractivity contribution < 1.29 is 18.7 Å². The molecule has 0 fully saturated rings. The molecule has 6 heteroatoms. The summed E-state index contributed by atoms with van der Waals surface area (Å²) in [5.74, 6) is 1.19. The number of nitrogens with one attached hydrogen (secondary N) is 1. The third kappa shape index (κ3) is 4.91. The van der Waals surface area contributed by atoms with Crippen LogP contribution in [0.15, 0.2) is 28.7 Å². The van der Waals surface area contributed by atoms with Gasteiger partial charge in [0.15, 0.2) is 0 Å². The number of rotatable bonds is 8. The van der Waals surface area contributed by atoms with Crippen LogP contribution in [-0.2, 0) is 14.3 Å². The van der Waals surface area contributed by atoms with Gasteiger partial charge in [-0.25, -0.2) is 4.98 Å². The van der Waals surface area contributed by atoms with Crippen LogP contribution in [0, 0.1) is 13.8 Å². The third-order valence-corrected chi connectivity index (χ3v) is 3.60. The van der Waals surface area contributed by atoms with Crippen molar-refractivity contribution in [2.24, 2.45) is 0 Å². The lowest BCUT2D eigenvalue weighted by atomic mass is 10.2. The normalized spacial score (nSPS) is 12.2. The summed E-state index contributed by atoms with van der Waals surface area (Å²) >= 11 is 0. The van der Waals surface area contributed by atoms with Crippen molar-refractivity contribution in [3.05, 3.63) is 35.7 Å². The van der Waals surface area contributed by atoms with E-state index in [1.165, 1.54) is 0 Å². The molecular weight excluding hydrogens is 308 g/mol. The summed E-state index contributed by atoms with van der Waals surface area (Å²) in [6.07, 6.45) is -0.540. The number of oxazole rings is 1. The minimum atomic E-state index is -0.540. The van der Waals surface area contributed by atoms with Crippen molar-refractivity contribution >= 4 is 11.6 Å². The van der Waals surface area contributed by atoms with E-state index >= 15 is 0 Å². The molecule has 2 aromatic rings. The Labute approximate surface area is 142 Å². The summed E-state index contributed by atoms with van der Waals surface area (Å²) in [5, 5.41) is 2.82. The Morgan fingerprint density at radius 2 is 1.96 bits per heavy atom. The average Bonchev–Trinajstić information content (AvgIpc) is 2.91. The fourth-order valence-corrected chi connectivity index (χ4v) is 2.04. The number of anilines is 1. The molecule has 0 bridgehead atoms. The van der Waals surface area contributed by atoms with Crippen LogP contribution < -0.4 is 5.32 Å². The van der Waals surface area contributed by atoms with Gasteiger partial charge in [0, 0.05) is 17.9 Å². The molecule has 0 aliphatic carbocycles. The molecule has 1 amide bonds. The van der Waals surface area contributed by atoms with Gasteiger partial charge >= 0.3 is 0 Å². The predicted octanol–water partition coefficient (Wildman–Crippen LogP) is 3.34. The molecule has 1 aromatic heterocycles. The molecule has 24 heavy (non-hydrogen) atoms. The third-order valence-electron chi connectivity index (χ3n) is 3.60. The van der Waals surface area contributed by atoms with Crippen LogP contribution in [0.25, 0.3) is 11.5 Å². The Balaban J connectivity index is 1.90. The fourth-order valence-electron chi connectivity index (χ4n) is 2.04. The number of carbonyl (C=O) groups is 1. The molecule has 2 rings (SSSR count). The molecule has 0 saturated heterocycles. The number of nitrogens with zero attached hydrogens (tertiary/aromatic N) is 1. The SMILES string of the molecule is CCOCCOC(C)C(=O)Nc1ccc(-c2nc(C)c(C)o2)cc1. The highest BCUT2D eigenvalue weighted by Gasteiger charge is 2.14. The van der Waals surface area contributed by atoms with Crippen molar-refractivity contribution in [2.45, 2.75) is 33.8 Å². The van der Waals surface area contributed by atoms with E-state index in [4.69, 9.17) is 13.9 Å². The highest BCUT2D eigenvalue weighted by Crippen LogP contribution is 2.23. The van der Waals surface area contributed by atoms with Gasteiger partial charge in [0.1, 0.15) is 11.9 Å². The minimum Gasteiger partial charge on any atom is -0.441 e. The molecular formula is C18H24N2O4. The number of amides is 1. The Kier molecular flexibility index (Phi) is 6.52. The van der Waals surface area contributed by atoms with Gasteiger partial charge in [-0.05, 0) is 52.0 Å². The van der Waals surface area contributed by atoms with E-state index in [0.29, 0.717) is 31.4 Å². The molecule has 1 unspecified atom stereocenters. The Morgan fingerprint density at radius 1 is 1.25 bits per heavy atom. The molecule has 130 valence electrons. The van der Waals surface area contributed by atoms with Gasteiger partial charge in [-0.3, -0.25) is 4.79 Å². The van der Waals surface area contributed by atoms with Crippen molar-refractivity contribution in [3.63, 3.8) is 0 Å². The molecule has 1 heterocycles. The lowest BCUT2D eigenvalue weighted by Gasteiger charge is -2.13. The summed E-state index contributed by atoms with van der Waals surface area (Å²) in [6, 6.07) is 7.35. The topological polar surface area (TPSA) is 73.6 Å². The van der Waals surface area contributed by atoms with Gasteiger partial charge in [0.05, 0.1) is 18.9 Å². The number of carbonyl (C=O) groups excluding carboxylic acids is 1. The van der Waals surface area contributed by atoms with Crippen LogP contribution in [0.1, 0.15) is 25.3 Å². The van der Waals surface area contributed by atoms with Crippen molar-refractivity contribution in [1.29, 1.82) is 0 Å². The monoisotopic (exact) mass is 332 g/mol. The number of hydrogen-bond acceptors (Lipinski definition) is 5. The molecule has 6 nitrogen and oxygen atoms in total. The lowest BCUT2D eigenvalue weighted by Crippen LogP contribution is -2.28. The first kappa shape index (κ1) is 18.2. The quantitative estimate of drug-likeness (QED) is 0.751. The maximum atomic E-state index is 12.1. The van der Waals surface area contributed by atoms with Gasteiger partial charge in [-0.15, -0.1) is 0 Å². The highest BCUT2D eigenvalue weighted by molar-refractivity contribution is 5.94. The summed E-state index contributed by atoms with van der Waals surface area (Å²) in [7, 11) is 0. The van der Waals surface area contributed by atoms with E-state index in [1.54, 1.807) is 6.92 Å². The molecule has 0 saturated carbocycles. The predicted molar refractivity (Wildman–Crippen MR) is 91.9 cm³/mol. The van der Waals surface area contributed by atoms with Gasteiger partial charge in [-0.2, -0.15) is 0 Å². The summed E-state index contributed by atoms with van der Waals surface area (Å²) in [4.78, 5) is 16.4. The van der Waals surface area contributed by atoms with Gasteiger partial charge in [-0.1, -0.05) is 0 Å². The van der Waals surface area contributed by atoms with Crippen molar-refractivity contribution in [2.75, 3.05) is 25.1 Å². The second-order valence-electron chi connectivity index (χ2n) is 5.44. The molecule has 1 N–H and O–H groups in total. The minimum absolute atomic E-state index is 0.193. The van der Waals surface area contributed by atoms with Crippen LogP contribution in [-0.4, -0.2) is 36.8 Å². The largest absolute Gasteiger partial charge is 0.441 e. The summed E-state index contributed by atoms with van der Waals surface area (Å²) in [6.45, 7) is 8.94. The van der Waals surface area contributed by atoms with Crippen molar-refractivity contribution in [3.8, 4) is 11.5 Å². The molecule has 0 radical (unpaired) electrons. The smallest absolute Gasteiger partial charge is 0.253 e. The second kappa shape index (κ2) is 8.61. The number of aromatic nitrogens is 1. The average molecular weight is 332 g/mol. The van der Waals surface area contributed by atoms with Gasteiger partial charge in [0.2, 0.25) is 5.89 Å². The standard InChI is InChI=1S/C18H24N2O4/c1-5-22-10-11-23-14(4)17(21)20-16-8-6-15(7-9-16)18-19-12(2)13(3)24-18/h6-9,14H,5,10-11H2,1-4H3,(H,20,21). The number of ether oxygens (including phenoxy) is 2. The first-order valence-corrected chi connectivity index (χ1v) is 8.06. The Morgan fingerprint density at radius 3 is 2.54 bits per heavy atom. The van der Waals surface area contributed by atoms with E-state index in [2.05, 4.69) is 10.3 Å². The van der Waals surface area contributed by atoms with E-state index < -0.39 is 6.10 Å². The summed E-state index contributed by atoms with van der Waals surface area (Å²) < 4.78 is 16.2. The molecule has 1 atom stereocenters. The van der Waals surface area contributed by atoms with E-state index in [0.717, 1.165) is 17.0 Å². The zero-order valence-electron chi connectivity index (χ0n) is 14.6. The first-order chi connectivity index (χ1) is 11.5. The van der Waals surface area contributed by atoms with Crippen LogP contribution in [0.2, 0.25) is 0 Å². The van der Waals surface area contributed by atoms with Crippen LogP contribution in [0.4, 0.5) is 5.69 Å². The zero-order valence-corrected chi connectivity index (χ0v) is 14.6. The number of hydrogen-bond donors (Lipinski definition) is 1. The Hall–Kier alpha value is -2.18. The number of benzene rings is 1. The van der Waals surface area contributed by atoms with Crippen LogP contribution >= 0.6 is 0 Å². The lowest BCUT2D eigenvalue weighted by molar-refractivity contribution is -0.127. The second-order valence-corrected chi connectivity index (χ2v) is 5.44. The molecule has 1 aromatic carbocycles. The molecule has 0 aliphatic rings. The fraction of sp³-hybridized carbons (Fsp3) is 0.444. The number of aryl methyl sites for hydroxylation is 2. The van der Waals surface area contributed by atoms with E-state index in [9.17, 15) is 4.79 Å². The maximum Gasteiger partial charge on any atom is 0.253 e. The highest BCUT2D eigenvalue weighted by atomic mass is 16.5. The maximum absolute atomic E-state index is 12.1. The zero-order chi connectivity index (χ0) is 17.5. The van der Waals surface area contributed by atoms with Crippen LogP contribution in [0.5, 0.6) is 0 Å². The van der Waals surface area contributed by atoms with Gasteiger partial charge < -0.3 is 19.2 Å². The van der Waals surface area contributed by atoms with Gasteiger partial charge in [0.25, 0.3) is 5.91 Å². The Bertz CT molecular complexity index is 645. The van der Waals surface area contributed by atoms with Crippen molar-refractivity contribution in [1.82, 2.24) is 4.98 Å².